The van der Waals surface area contributed by atoms with Crippen LogP contribution in [-0.2, 0) is 20.2 Å². The van der Waals surface area contributed by atoms with Crippen molar-refractivity contribution < 1.29 is 29.9 Å². The lowest BCUT2D eigenvalue weighted by molar-refractivity contribution is 0.465. The summed E-state index contributed by atoms with van der Waals surface area (Å²) in [6.07, 6.45) is 1.87. The van der Waals surface area contributed by atoms with Crippen LogP contribution in [0.25, 0.3) is 11.1 Å². The lowest BCUT2D eigenvalue weighted by atomic mass is 10.1. The molecule has 182 valence electrons. The molecule has 35 heavy (non-hydrogen) atoms. The van der Waals surface area contributed by atoms with Crippen molar-refractivity contribution in [2.45, 2.75) is 0 Å². The van der Waals surface area contributed by atoms with Gasteiger partial charge in [0.05, 0.1) is 12.5 Å². The van der Waals surface area contributed by atoms with Gasteiger partial charge in [0.2, 0.25) is 0 Å². The molecule has 4 aromatic carbocycles. The van der Waals surface area contributed by atoms with E-state index >= 15 is 0 Å². The third-order valence-corrected chi connectivity index (χ3v) is 5.21. The SMILES string of the molecule is CS(=O)(=O)Oc1cccc(Oc2cccc(OS(C)(=O)=O)c2)c1.c1ccc(-c2ccccc2)cc1. The molecule has 0 spiro atoms. The van der Waals surface area contributed by atoms with Crippen LogP contribution in [0.3, 0.4) is 0 Å². The first-order valence-electron chi connectivity index (χ1n) is 10.3. The normalized spacial score (nSPS) is 11.0. The minimum absolute atomic E-state index is 0.105. The Kier molecular flexibility index (Phi) is 8.51. The molecule has 0 heterocycles. The van der Waals surface area contributed by atoms with E-state index in [2.05, 4.69) is 48.5 Å². The van der Waals surface area contributed by atoms with Gasteiger partial charge < -0.3 is 13.1 Å². The fraction of sp³-hybridized carbons (Fsp3) is 0.0769. The monoisotopic (exact) mass is 512 g/mol. The van der Waals surface area contributed by atoms with Gasteiger partial charge in [-0.05, 0) is 35.4 Å². The van der Waals surface area contributed by atoms with Gasteiger partial charge in [-0.25, -0.2) is 0 Å². The van der Waals surface area contributed by atoms with Crippen molar-refractivity contribution in [2.75, 3.05) is 12.5 Å². The molecule has 4 rings (SSSR count). The van der Waals surface area contributed by atoms with Gasteiger partial charge in [-0.1, -0.05) is 72.8 Å². The van der Waals surface area contributed by atoms with E-state index in [9.17, 15) is 16.8 Å². The van der Waals surface area contributed by atoms with Crippen LogP contribution in [0, 0.1) is 0 Å². The molecule has 0 radical (unpaired) electrons. The van der Waals surface area contributed by atoms with Crippen LogP contribution in [0.2, 0.25) is 0 Å². The van der Waals surface area contributed by atoms with Crippen LogP contribution >= 0.6 is 0 Å². The van der Waals surface area contributed by atoms with Crippen LogP contribution in [0.15, 0.2) is 109 Å². The predicted molar refractivity (Wildman–Crippen MR) is 136 cm³/mol. The molecule has 0 unspecified atom stereocenters. The Morgan fingerprint density at radius 2 is 0.800 bits per heavy atom. The molecule has 0 aliphatic heterocycles. The molecule has 9 heteroatoms. The summed E-state index contributed by atoms with van der Waals surface area (Å²) in [5.41, 5.74) is 2.55. The number of hydrogen-bond donors (Lipinski definition) is 0. The van der Waals surface area contributed by atoms with Gasteiger partial charge in [-0.15, -0.1) is 0 Å². The zero-order valence-corrected chi connectivity index (χ0v) is 20.7. The summed E-state index contributed by atoms with van der Waals surface area (Å²) < 4.78 is 59.5. The van der Waals surface area contributed by atoms with Crippen LogP contribution in [0.5, 0.6) is 23.0 Å². The molecule has 0 saturated carbocycles. The predicted octanol–water partition coefficient (Wildman–Crippen LogP) is 5.51. The molecule has 0 bridgehead atoms. The first-order chi connectivity index (χ1) is 16.6. The van der Waals surface area contributed by atoms with Crippen molar-refractivity contribution in [3.05, 3.63) is 109 Å². The Labute approximate surface area is 205 Å². The summed E-state index contributed by atoms with van der Waals surface area (Å²) in [5, 5.41) is 0. The lowest BCUT2D eigenvalue weighted by Crippen LogP contribution is -2.05. The van der Waals surface area contributed by atoms with Gasteiger partial charge in [0.15, 0.2) is 0 Å². The summed E-state index contributed by atoms with van der Waals surface area (Å²) in [4.78, 5) is 0. The smallest absolute Gasteiger partial charge is 0.306 e. The molecule has 0 aliphatic rings. The van der Waals surface area contributed by atoms with E-state index in [0.717, 1.165) is 12.5 Å². The standard InChI is InChI=1S/C14H14O7S2.C12H10/c1-22(15,16)20-13-7-3-5-11(9-13)19-12-6-4-8-14(10-12)21-23(2,17)18;1-3-7-11(8-4-1)12-9-5-2-6-10-12/h3-10H,1-2H3;1-10H. The van der Waals surface area contributed by atoms with E-state index in [4.69, 9.17) is 13.1 Å². The van der Waals surface area contributed by atoms with Crippen LogP contribution in [-0.4, -0.2) is 29.3 Å². The molecule has 4 aromatic rings. The molecular weight excluding hydrogens is 488 g/mol. The number of benzene rings is 4. The Balaban J connectivity index is 0.000000237. The molecule has 0 aliphatic carbocycles. The van der Waals surface area contributed by atoms with Crippen molar-refractivity contribution in [1.29, 1.82) is 0 Å². The molecule has 7 nitrogen and oxygen atoms in total. The van der Waals surface area contributed by atoms with Crippen LogP contribution < -0.4 is 13.1 Å². The highest BCUT2D eigenvalue weighted by Gasteiger charge is 2.08. The first kappa shape index (κ1) is 25.8. The van der Waals surface area contributed by atoms with Crippen LogP contribution in [0.1, 0.15) is 0 Å². The second-order valence-corrected chi connectivity index (χ2v) is 10.5. The van der Waals surface area contributed by atoms with Crippen LogP contribution in [0.4, 0.5) is 0 Å². The fourth-order valence-corrected chi connectivity index (χ4v) is 3.83. The second kappa shape index (κ2) is 11.5. The van der Waals surface area contributed by atoms with Crippen molar-refractivity contribution in [2.24, 2.45) is 0 Å². The molecule has 0 aromatic heterocycles. The Morgan fingerprint density at radius 3 is 1.14 bits per heavy atom. The Morgan fingerprint density at radius 1 is 0.457 bits per heavy atom. The van der Waals surface area contributed by atoms with Gasteiger partial charge in [-0.2, -0.15) is 16.8 Å². The number of rotatable bonds is 7. The molecule has 0 fully saturated rings. The maximum absolute atomic E-state index is 11.1. The van der Waals surface area contributed by atoms with Gasteiger partial charge in [-0.3, -0.25) is 0 Å². The van der Waals surface area contributed by atoms with Gasteiger partial charge in [0, 0.05) is 12.1 Å². The molecular formula is C26H24O7S2. The minimum Gasteiger partial charge on any atom is -0.457 e. The maximum atomic E-state index is 11.1. The largest absolute Gasteiger partial charge is 0.457 e. The minimum atomic E-state index is -3.64. The topological polar surface area (TPSA) is 96.0 Å². The second-order valence-electron chi connectivity index (χ2n) is 7.36. The van der Waals surface area contributed by atoms with E-state index in [-0.39, 0.29) is 11.5 Å². The number of hydrogen-bond acceptors (Lipinski definition) is 7. The van der Waals surface area contributed by atoms with Gasteiger partial charge in [0.1, 0.15) is 23.0 Å². The average molecular weight is 513 g/mol. The summed E-state index contributed by atoms with van der Waals surface area (Å²) in [6, 6.07) is 32.8. The Hall–Kier alpha value is -3.82. The van der Waals surface area contributed by atoms with Crippen molar-refractivity contribution in [1.82, 2.24) is 0 Å². The fourth-order valence-electron chi connectivity index (χ4n) is 2.93. The zero-order valence-electron chi connectivity index (χ0n) is 19.1. The average Bonchev–Trinajstić information content (AvgIpc) is 2.79. The lowest BCUT2D eigenvalue weighted by Gasteiger charge is -2.09. The highest BCUT2D eigenvalue weighted by Crippen LogP contribution is 2.28. The van der Waals surface area contributed by atoms with E-state index in [0.29, 0.717) is 11.5 Å². The van der Waals surface area contributed by atoms with Crippen molar-refractivity contribution >= 4 is 20.2 Å². The molecule has 0 amide bonds. The number of ether oxygens (including phenoxy) is 1. The first-order valence-corrected chi connectivity index (χ1v) is 14.0. The molecule has 0 N–H and O–H groups in total. The van der Waals surface area contributed by atoms with Gasteiger partial charge >= 0.3 is 20.2 Å². The molecule has 0 saturated heterocycles. The summed E-state index contributed by atoms with van der Waals surface area (Å²) in [7, 11) is -7.27. The third-order valence-electron chi connectivity index (χ3n) is 4.22. The van der Waals surface area contributed by atoms with E-state index in [1.807, 2.05) is 12.1 Å². The summed E-state index contributed by atoms with van der Waals surface area (Å²) >= 11 is 0. The zero-order chi connectivity index (χ0) is 25.3. The van der Waals surface area contributed by atoms with E-state index in [1.165, 1.54) is 35.4 Å². The summed E-state index contributed by atoms with van der Waals surface area (Å²) in [6.45, 7) is 0. The third kappa shape index (κ3) is 9.52. The van der Waals surface area contributed by atoms with Crippen molar-refractivity contribution in [3.8, 4) is 34.1 Å². The van der Waals surface area contributed by atoms with Gasteiger partial charge in [0.25, 0.3) is 0 Å². The molecule has 0 atom stereocenters. The quantitative estimate of drug-likeness (QED) is 0.301. The van der Waals surface area contributed by atoms with E-state index in [1.54, 1.807) is 24.3 Å². The highest BCUT2D eigenvalue weighted by atomic mass is 32.2. The van der Waals surface area contributed by atoms with E-state index < -0.39 is 20.2 Å². The maximum Gasteiger partial charge on any atom is 0.306 e. The summed E-state index contributed by atoms with van der Waals surface area (Å²) in [5.74, 6) is 0.854. The Bertz CT molecular complexity index is 1340. The highest BCUT2D eigenvalue weighted by molar-refractivity contribution is 7.86. The van der Waals surface area contributed by atoms with Crippen molar-refractivity contribution in [3.63, 3.8) is 0 Å².